The highest BCUT2D eigenvalue weighted by molar-refractivity contribution is 5.97. The van der Waals surface area contributed by atoms with Gasteiger partial charge in [0, 0.05) is 18.2 Å². The molecule has 1 fully saturated rings. The van der Waals surface area contributed by atoms with E-state index < -0.39 is 5.82 Å². The number of hydrogen-bond acceptors (Lipinski definition) is 3. The van der Waals surface area contributed by atoms with Crippen molar-refractivity contribution in [2.75, 3.05) is 20.2 Å². The molecule has 0 N–H and O–H groups in total. The van der Waals surface area contributed by atoms with Crippen LogP contribution in [-0.2, 0) is 0 Å². The van der Waals surface area contributed by atoms with Gasteiger partial charge in [0.2, 0.25) is 0 Å². The number of carbonyl (C=O) groups is 1. The van der Waals surface area contributed by atoms with Crippen LogP contribution in [-0.4, -0.2) is 36.9 Å². The first-order chi connectivity index (χ1) is 9.51. The number of rotatable bonds is 7. The van der Waals surface area contributed by atoms with Gasteiger partial charge in [0.1, 0.15) is 0 Å². The molecule has 1 aliphatic carbocycles. The van der Waals surface area contributed by atoms with Crippen LogP contribution in [0.1, 0.15) is 37.0 Å². The molecule has 110 valence electrons. The molecule has 0 bridgehead atoms. The van der Waals surface area contributed by atoms with E-state index in [4.69, 9.17) is 4.74 Å². The third-order valence-electron chi connectivity index (χ3n) is 3.74. The van der Waals surface area contributed by atoms with E-state index in [1.807, 2.05) is 0 Å². The van der Waals surface area contributed by atoms with Crippen molar-refractivity contribution in [1.82, 2.24) is 4.90 Å². The van der Waals surface area contributed by atoms with Gasteiger partial charge >= 0.3 is 0 Å². The monoisotopic (exact) mass is 279 g/mol. The summed E-state index contributed by atoms with van der Waals surface area (Å²) in [5, 5.41) is 0. The van der Waals surface area contributed by atoms with Gasteiger partial charge in [-0.3, -0.25) is 9.69 Å². The average Bonchev–Trinajstić information content (AvgIpc) is 3.21. The Balaban J connectivity index is 2.03. The number of carbonyl (C=O) groups excluding carboxylic acids is 1. The molecular formula is C16H22FNO2. The van der Waals surface area contributed by atoms with Gasteiger partial charge in [-0.05, 0) is 50.8 Å². The van der Waals surface area contributed by atoms with E-state index in [9.17, 15) is 9.18 Å². The largest absolute Gasteiger partial charge is 0.494 e. The maximum atomic E-state index is 13.6. The van der Waals surface area contributed by atoms with Crippen molar-refractivity contribution >= 4 is 5.78 Å². The fourth-order valence-corrected chi connectivity index (χ4v) is 2.21. The van der Waals surface area contributed by atoms with Crippen LogP contribution in [0.2, 0.25) is 0 Å². The van der Waals surface area contributed by atoms with Crippen molar-refractivity contribution in [2.24, 2.45) is 5.92 Å². The van der Waals surface area contributed by atoms with Gasteiger partial charge in [-0.15, -0.1) is 0 Å². The average molecular weight is 279 g/mol. The molecule has 0 aromatic heterocycles. The van der Waals surface area contributed by atoms with E-state index in [2.05, 4.69) is 18.7 Å². The highest BCUT2D eigenvalue weighted by Gasteiger charge is 2.26. The predicted octanol–water partition coefficient (Wildman–Crippen LogP) is 3.14. The molecule has 20 heavy (non-hydrogen) atoms. The number of methoxy groups -OCH3 is 1. The highest BCUT2D eigenvalue weighted by Crippen LogP contribution is 2.30. The minimum absolute atomic E-state index is 0.0408. The molecule has 2 rings (SSSR count). The maximum absolute atomic E-state index is 13.6. The van der Waals surface area contributed by atoms with Crippen LogP contribution >= 0.6 is 0 Å². The van der Waals surface area contributed by atoms with E-state index in [-0.39, 0.29) is 11.5 Å². The molecule has 4 heteroatoms. The summed E-state index contributed by atoms with van der Waals surface area (Å²) in [6.07, 6.45) is 2.52. The Morgan fingerprint density at radius 2 is 2.15 bits per heavy atom. The lowest BCUT2D eigenvalue weighted by molar-refractivity contribution is 0.0900. The molecule has 0 heterocycles. The molecular weight excluding hydrogens is 257 g/mol. The molecule has 0 spiro atoms. The Hall–Kier alpha value is -1.42. The molecule has 0 unspecified atom stereocenters. The number of Topliss-reactive ketones (excluding diaryl/α,β-unsaturated/α-hetero) is 1. The van der Waals surface area contributed by atoms with Crippen molar-refractivity contribution in [2.45, 2.75) is 32.7 Å². The molecule has 1 aromatic carbocycles. The van der Waals surface area contributed by atoms with Gasteiger partial charge < -0.3 is 4.74 Å². The first-order valence-electron chi connectivity index (χ1n) is 7.12. The Kier molecular flexibility index (Phi) is 4.76. The second-order valence-electron chi connectivity index (χ2n) is 5.74. The molecule has 0 amide bonds. The summed E-state index contributed by atoms with van der Waals surface area (Å²) in [5.74, 6) is 0.371. The minimum Gasteiger partial charge on any atom is -0.494 e. The quantitative estimate of drug-likeness (QED) is 0.718. The standard InChI is InChI=1S/C16H22FNO2/c1-11(2)18(9-12-4-5-12)10-15(19)13-6-7-16(20-3)14(17)8-13/h6-8,11-12H,4-5,9-10H2,1-3H3. The first-order valence-corrected chi connectivity index (χ1v) is 7.12. The summed E-state index contributed by atoms with van der Waals surface area (Å²) in [4.78, 5) is 14.4. The van der Waals surface area contributed by atoms with Gasteiger partial charge in [-0.2, -0.15) is 0 Å². The number of nitrogens with zero attached hydrogens (tertiary/aromatic N) is 1. The van der Waals surface area contributed by atoms with Crippen LogP contribution in [0.4, 0.5) is 4.39 Å². The van der Waals surface area contributed by atoms with E-state index >= 15 is 0 Å². The molecule has 1 aromatic rings. The number of ether oxygens (including phenoxy) is 1. The van der Waals surface area contributed by atoms with Crippen LogP contribution in [0, 0.1) is 11.7 Å². The lowest BCUT2D eigenvalue weighted by Crippen LogP contribution is -2.37. The summed E-state index contributed by atoms with van der Waals surface area (Å²) in [7, 11) is 1.41. The van der Waals surface area contributed by atoms with Crippen LogP contribution in [0.25, 0.3) is 0 Å². The molecule has 0 radical (unpaired) electrons. The van der Waals surface area contributed by atoms with Crippen molar-refractivity contribution < 1.29 is 13.9 Å². The van der Waals surface area contributed by atoms with Gasteiger partial charge in [0.05, 0.1) is 13.7 Å². The van der Waals surface area contributed by atoms with Crippen molar-refractivity contribution in [3.05, 3.63) is 29.6 Å². The summed E-state index contributed by atoms with van der Waals surface area (Å²) in [5.41, 5.74) is 0.407. The van der Waals surface area contributed by atoms with Crippen LogP contribution in [0.3, 0.4) is 0 Å². The van der Waals surface area contributed by atoms with Gasteiger partial charge in [0.25, 0.3) is 0 Å². The molecule has 0 atom stereocenters. The normalized spacial score (nSPS) is 14.9. The minimum atomic E-state index is -0.489. The van der Waals surface area contributed by atoms with E-state index in [0.29, 0.717) is 18.2 Å². The number of ketones is 1. The fourth-order valence-electron chi connectivity index (χ4n) is 2.21. The lowest BCUT2D eigenvalue weighted by atomic mass is 10.1. The molecule has 0 aliphatic heterocycles. The second kappa shape index (κ2) is 6.35. The zero-order valence-electron chi connectivity index (χ0n) is 12.4. The predicted molar refractivity (Wildman–Crippen MR) is 76.7 cm³/mol. The lowest BCUT2D eigenvalue weighted by Gasteiger charge is -2.25. The molecule has 1 aliphatic rings. The Morgan fingerprint density at radius 1 is 1.45 bits per heavy atom. The van der Waals surface area contributed by atoms with Crippen molar-refractivity contribution in [3.8, 4) is 5.75 Å². The third kappa shape index (κ3) is 3.79. The third-order valence-corrected chi connectivity index (χ3v) is 3.74. The van der Waals surface area contributed by atoms with Gasteiger partial charge in [0.15, 0.2) is 17.3 Å². The van der Waals surface area contributed by atoms with Gasteiger partial charge in [-0.1, -0.05) is 0 Å². The zero-order valence-corrected chi connectivity index (χ0v) is 12.4. The topological polar surface area (TPSA) is 29.5 Å². The van der Waals surface area contributed by atoms with E-state index in [1.54, 1.807) is 6.07 Å². The van der Waals surface area contributed by atoms with Crippen LogP contribution in [0.5, 0.6) is 5.75 Å². The van der Waals surface area contributed by atoms with E-state index in [0.717, 1.165) is 12.5 Å². The highest BCUT2D eigenvalue weighted by atomic mass is 19.1. The molecule has 3 nitrogen and oxygen atoms in total. The summed E-state index contributed by atoms with van der Waals surface area (Å²) in [6, 6.07) is 4.71. The SMILES string of the molecule is COc1ccc(C(=O)CN(CC2CC2)C(C)C)cc1F. The first kappa shape index (κ1) is 15.0. The summed E-state index contributed by atoms with van der Waals surface area (Å²) < 4.78 is 18.5. The summed E-state index contributed by atoms with van der Waals surface area (Å²) in [6.45, 7) is 5.48. The van der Waals surface area contributed by atoms with Gasteiger partial charge in [-0.25, -0.2) is 4.39 Å². The number of benzene rings is 1. The molecule has 1 saturated carbocycles. The van der Waals surface area contributed by atoms with Crippen LogP contribution in [0.15, 0.2) is 18.2 Å². The Labute approximate surface area is 119 Å². The zero-order chi connectivity index (χ0) is 14.7. The van der Waals surface area contributed by atoms with Crippen LogP contribution < -0.4 is 4.74 Å². The Bertz CT molecular complexity index is 483. The molecule has 0 saturated heterocycles. The number of halogens is 1. The fraction of sp³-hybridized carbons (Fsp3) is 0.562. The summed E-state index contributed by atoms with van der Waals surface area (Å²) >= 11 is 0. The second-order valence-corrected chi connectivity index (χ2v) is 5.74. The Morgan fingerprint density at radius 3 is 2.65 bits per heavy atom. The smallest absolute Gasteiger partial charge is 0.176 e. The van der Waals surface area contributed by atoms with E-state index in [1.165, 1.54) is 32.1 Å². The van der Waals surface area contributed by atoms with Crippen molar-refractivity contribution in [3.63, 3.8) is 0 Å². The number of hydrogen-bond donors (Lipinski definition) is 0. The maximum Gasteiger partial charge on any atom is 0.176 e. The van der Waals surface area contributed by atoms with Crippen molar-refractivity contribution in [1.29, 1.82) is 0 Å².